The molecule has 0 aliphatic carbocycles. The van der Waals surface area contributed by atoms with Gasteiger partial charge in [0, 0.05) is 13.1 Å². The largest absolute Gasteiger partial charge is 0.308 e. The lowest BCUT2D eigenvalue weighted by atomic mass is 10.3. The van der Waals surface area contributed by atoms with Crippen molar-refractivity contribution in [2.45, 2.75) is 20.4 Å². The van der Waals surface area contributed by atoms with Crippen molar-refractivity contribution in [2.24, 2.45) is 0 Å². The van der Waals surface area contributed by atoms with E-state index >= 15 is 0 Å². The van der Waals surface area contributed by atoms with Crippen LogP contribution < -0.4 is 5.32 Å². The highest BCUT2D eigenvalue weighted by Gasteiger charge is 1.93. The highest BCUT2D eigenvalue weighted by molar-refractivity contribution is 9.10. The SMILES string of the molecule is CC(C)=CCNCc1cccc(Br)n1. The maximum atomic E-state index is 4.32. The molecule has 1 aromatic heterocycles. The minimum atomic E-state index is 0.809. The number of nitrogens with zero attached hydrogens (tertiary/aromatic N) is 1. The number of hydrogen-bond acceptors (Lipinski definition) is 2. The second-order valence-corrected chi connectivity index (χ2v) is 4.18. The predicted molar refractivity (Wildman–Crippen MR) is 63.1 cm³/mol. The molecule has 1 aromatic rings. The molecule has 1 heterocycles. The van der Waals surface area contributed by atoms with Gasteiger partial charge < -0.3 is 5.32 Å². The van der Waals surface area contributed by atoms with E-state index in [1.165, 1.54) is 5.57 Å². The maximum absolute atomic E-state index is 4.32. The molecule has 3 heteroatoms. The molecule has 0 fully saturated rings. The van der Waals surface area contributed by atoms with Gasteiger partial charge in [-0.25, -0.2) is 4.98 Å². The monoisotopic (exact) mass is 254 g/mol. The number of pyridine rings is 1. The maximum Gasteiger partial charge on any atom is 0.106 e. The standard InChI is InChI=1S/C11H15BrN2/c1-9(2)6-7-13-8-10-4-3-5-11(12)14-10/h3-6,13H,7-8H2,1-2H3. The summed E-state index contributed by atoms with van der Waals surface area (Å²) in [5.74, 6) is 0. The first-order valence-corrected chi connectivity index (χ1v) is 5.43. The van der Waals surface area contributed by atoms with Gasteiger partial charge in [0.1, 0.15) is 4.60 Å². The summed E-state index contributed by atoms with van der Waals surface area (Å²) in [5.41, 5.74) is 2.39. The smallest absolute Gasteiger partial charge is 0.106 e. The highest BCUT2D eigenvalue weighted by atomic mass is 79.9. The number of rotatable bonds is 4. The molecule has 0 spiro atoms. The molecule has 0 unspecified atom stereocenters. The fraction of sp³-hybridized carbons (Fsp3) is 0.364. The third kappa shape index (κ3) is 4.53. The summed E-state index contributed by atoms with van der Waals surface area (Å²) in [6.45, 7) is 5.90. The van der Waals surface area contributed by atoms with E-state index in [0.29, 0.717) is 0 Å². The van der Waals surface area contributed by atoms with Crippen molar-refractivity contribution in [3.63, 3.8) is 0 Å². The Hall–Kier alpha value is -0.670. The molecule has 0 saturated heterocycles. The van der Waals surface area contributed by atoms with E-state index in [0.717, 1.165) is 23.4 Å². The van der Waals surface area contributed by atoms with E-state index in [4.69, 9.17) is 0 Å². The Balaban J connectivity index is 2.35. The molecule has 1 rings (SSSR count). The summed E-state index contributed by atoms with van der Waals surface area (Å²) in [6.07, 6.45) is 2.16. The fourth-order valence-electron chi connectivity index (χ4n) is 1.03. The molecule has 1 N–H and O–H groups in total. The number of allylic oxidation sites excluding steroid dienone is 1. The Morgan fingerprint density at radius 3 is 2.93 bits per heavy atom. The van der Waals surface area contributed by atoms with E-state index in [1.54, 1.807) is 0 Å². The Bertz CT molecular complexity index is 317. The Morgan fingerprint density at radius 1 is 1.50 bits per heavy atom. The number of halogens is 1. The predicted octanol–water partition coefficient (Wildman–Crippen LogP) is 2.90. The van der Waals surface area contributed by atoms with Crippen LogP contribution in [0.1, 0.15) is 19.5 Å². The van der Waals surface area contributed by atoms with Gasteiger partial charge in [-0.3, -0.25) is 0 Å². The van der Waals surface area contributed by atoms with Crippen LogP contribution in [0.4, 0.5) is 0 Å². The first-order chi connectivity index (χ1) is 6.68. The number of nitrogens with one attached hydrogen (secondary N) is 1. The van der Waals surface area contributed by atoms with E-state index in [2.05, 4.69) is 46.2 Å². The van der Waals surface area contributed by atoms with Crippen molar-refractivity contribution in [2.75, 3.05) is 6.54 Å². The third-order valence-corrected chi connectivity index (χ3v) is 2.18. The molecule has 2 nitrogen and oxygen atoms in total. The van der Waals surface area contributed by atoms with Crippen molar-refractivity contribution < 1.29 is 0 Å². The zero-order valence-electron chi connectivity index (χ0n) is 8.55. The van der Waals surface area contributed by atoms with E-state index in [1.807, 2.05) is 18.2 Å². The van der Waals surface area contributed by atoms with E-state index in [-0.39, 0.29) is 0 Å². The minimum absolute atomic E-state index is 0.809. The lowest BCUT2D eigenvalue weighted by Gasteiger charge is -2.01. The first-order valence-electron chi connectivity index (χ1n) is 4.64. The summed E-state index contributed by atoms with van der Waals surface area (Å²) >= 11 is 3.34. The van der Waals surface area contributed by atoms with Crippen LogP contribution in [-0.2, 0) is 6.54 Å². The van der Waals surface area contributed by atoms with Crippen molar-refractivity contribution in [1.29, 1.82) is 0 Å². The average molecular weight is 255 g/mol. The van der Waals surface area contributed by atoms with Crippen molar-refractivity contribution in [1.82, 2.24) is 10.3 Å². The van der Waals surface area contributed by atoms with Gasteiger partial charge in [-0.2, -0.15) is 0 Å². The molecule has 76 valence electrons. The molecule has 14 heavy (non-hydrogen) atoms. The first kappa shape index (κ1) is 11.4. The number of hydrogen-bond donors (Lipinski definition) is 1. The van der Waals surface area contributed by atoms with Gasteiger partial charge in [-0.05, 0) is 41.9 Å². The summed E-state index contributed by atoms with van der Waals surface area (Å²) in [6, 6.07) is 5.94. The van der Waals surface area contributed by atoms with Crippen LogP contribution in [-0.4, -0.2) is 11.5 Å². The average Bonchev–Trinajstić information content (AvgIpc) is 2.12. The molecule has 0 saturated carbocycles. The molecular weight excluding hydrogens is 240 g/mol. The molecule has 0 aliphatic heterocycles. The van der Waals surface area contributed by atoms with Gasteiger partial charge in [0.15, 0.2) is 0 Å². The van der Waals surface area contributed by atoms with Crippen LogP contribution in [0.25, 0.3) is 0 Å². The van der Waals surface area contributed by atoms with Gasteiger partial charge in [0.25, 0.3) is 0 Å². The van der Waals surface area contributed by atoms with Crippen LogP contribution in [0.15, 0.2) is 34.5 Å². The number of aromatic nitrogens is 1. The Morgan fingerprint density at radius 2 is 2.29 bits per heavy atom. The van der Waals surface area contributed by atoms with E-state index in [9.17, 15) is 0 Å². The molecule has 0 amide bonds. The molecule has 0 aromatic carbocycles. The van der Waals surface area contributed by atoms with Crippen LogP contribution in [0, 0.1) is 0 Å². The Kier molecular flexibility index (Phi) is 4.84. The molecule has 0 bridgehead atoms. The van der Waals surface area contributed by atoms with E-state index < -0.39 is 0 Å². The third-order valence-electron chi connectivity index (χ3n) is 1.73. The lowest BCUT2D eigenvalue weighted by Crippen LogP contribution is -2.14. The van der Waals surface area contributed by atoms with Gasteiger partial charge in [0.05, 0.1) is 5.69 Å². The van der Waals surface area contributed by atoms with Gasteiger partial charge in [-0.1, -0.05) is 17.7 Å². The van der Waals surface area contributed by atoms with Gasteiger partial charge >= 0.3 is 0 Å². The fourth-order valence-corrected chi connectivity index (χ4v) is 1.41. The van der Waals surface area contributed by atoms with Crippen LogP contribution >= 0.6 is 15.9 Å². The molecule has 0 radical (unpaired) electrons. The molecule has 0 aliphatic rings. The molecule has 0 atom stereocenters. The Labute approximate surface area is 93.6 Å². The van der Waals surface area contributed by atoms with Crippen molar-refractivity contribution >= 4 is 15.9 Å². The molecular formula is C11H15BrN2. The summed E-state index contributed by atoms with van der Waals surface area (Å²) in [5, 5.41) is 3.30. The normalized spacial score (nSPS) is 9.93. The summed E-state index contributed by atoms with van der Waals surface area (Å²) < 4.78 is 0.888. The van der Waals surface area contributed by atoms with Crippen LogP contribution in [0.3, 0.4) is 0 Å². The summed E-state index contributed by atoms with van der Waals surface area (Å²) in [7, 11) is 0. The lowest BCUT2D eigenvalue weighted by molar-refractivity contribution is 0.736. The topological polar surface area (TPSA) is 24.9 Å². The zero-order valence-corrected chi connectivity index (χ0v) is 10.1. The highest BCUT2D eigenvalue weighted by Crippen LogP contribution is 2.05. The summed E-state index contributed by atoms with van der Waals surface area (Å²) in [4.78, 5) is 4.32. The van der Waals surface area contributed by atoms with Crippen LogP contribution in [0.5, 0.6) is 0 Å². The second kappa shape index (κ2) is 5.94. The van der Waals surface area contributed by atoms with Crippen molar-refractivity contribution in [3.8, 4) is 0 Å². The minimum Gasteiger partial charge on any atom is -0.308 e. The van der Waals surface area contributed by atoms with Gasteiger partial charge in [0.2, 0.25) is 0 Å². The second-order valence-electron chi connectivity index (χ2n) is 3.36. The quantitative estimate of drug-likeness (QED) is 0.508. The zero-order chi connectivity index (χ0) is 10.4. The van der Waals surface area contributed by atoms with Gasteiger partial charge in [-0.15, -0.1) is 0 Å². The van der Waals surface area contributed by atoms with Crippen LogP contribution in [0.2, 0.25) is 0 Å². The van der Waals surface area contributed by atoms with Crippen molar-refractivity contribution in [3.05, 3.63) is 40.1 Å².